The fourth-order valence-corrected chi connectivity index (χ4v) is 2.23. The van der Waals surface area contributed by atoms with Crippen LogP contribution in [0.2, 0.25) is 0 Å². The number of ketones is 1. The number of Topliss-reactive ketones (excluding diaryl/α,β-unsaturated/α-hetero) is 1. The number of benzene rings is 1. The van der Waals surface area contributed by atoms with Gasteiger partial charge in [0.15, 0.2) is 5.78 Å². The molecule has 0 fully saturated rings. The van der Waals surface area contributed by atoms with Crippen molar-refractivity contribution in [2.75, 3.05) is 0 Å². The summed E-state index contributed by atoms with van der Waals surface area (Å²) in [6, 6.07) is 9.52. The summed E-state index contributed by atoms with van der Waals surface area (Å²) in [7, 11) is 0. The van der Waals surface area contributed by atoms with Crippen molar-refractivity contribution in [1.29, 1.82) is 5.26 Å². The van der Waals surface area contributed by atoms with E-state index in [1.54, 1.807) is 0 Å². The lowest BCUT2D eigenvalue weighted by molar-refractivity contribution is -0.119. The molecule has 0 bridgehead atoms. The summed E-state index contributed by atoms with van der Waals surface area (Å²) >= 11 is 3.38. The Morgan fingerprint density at radius 1 is 1.41 bits per heavy atom. The molecule has 0 spiro atoms. The number of unbranched alkanes of at least 4 members (excludes halogenated alkanes) is 2. The lowest BCUT2D eigenvalue weighted by Crippen LogP contribution is -2.11. The van der Waals surface area contributed by atoms with Crippen LogP contribution >= 0.6 is 15.9 Å². The van der Waals surface area contributed by atoms with Crippen LogP contribution in [0.1, 0.15) is 44.1 Å². The molecule has 90 valence electrons. The number of hydrogen-bond acceptors (Lipinski definition) is 2. The highest BCUT2D eigenvalue weighted by atomic mass is 79.9. The van der Waals surface area contributed by atoms with E-state index >= 15 is 0 Å². The zero-order chi connectivity index (χ0) is 12.7. The van der Waals surface area contributed by atoms with E-state index in [4.69, 9.17) is 5.26 Å². The third-order valence-corrected chi connectivity index (χ3v) is 3.42. The number of nitriles is 1. The number of carbonyl (C=O) groups excluding carboxylic acids is 1. The molecule has 0 heterocycles. The van der Waals surface area contributed by atoms with Crippen LogP contribution in [0.4, 0.5) is 0 Å². The van der Waals surface area contributed by atoms with Crippen molar-refractivity contribution < 1.29 is 4.79 Å². The van der Waals surface area contributed by atoms with Crippen molar-refractivity contribution in [3.8, 4) is 6.07 Å². The quantitative estimate of drug-likeness (QED) is 0.737. The summed E-state index contributed by atoms with van der Waals surface area (Å²) in [4.78, 5) is 12.0. The second-order valence-electron chi connectivity index (χ2n) is 4.01. The molecule has 0 N–H and O–H groups in total. The maximum absolute atomic E-state index is 12.0. The minimum atomic E-state index is -0.637. The highest BCUT2D eigenvalue weighted by Gasteiger charge is 2.21. The molecule has 2 nitrogen and oxygen atoms in total. The molecule has 1 aromatic carbocycles. The summed E-state index contributed by atoms with van der Waals surface area (Å²) in [5, 5.41) is 9.14. The number of hydrogen-bond donors (Lipinski definition) is 0. The molecule has 0 saturated heterocycles. The van der Waals surface area contributed by atoms with Gasteiger partial charge < -0.3 is 0 Å². The van der Waals surface area contributed by atoms with Gasteiger partial charge in [0.1, 0.15) is 5.92 Å². The maximum Gasteiger partial charge on any atom is 0.154 e. The molecule has 0 aliphatic carbocycles. The lowest BCUT2D eigenvalue weighted by Gasteiger charge is -2.10. The van der Waals surface area contributed by atoms with Crippen molar-refractivity contribution in [2.45, 2.75) is 38.5 Å². The zero-order valence-corrected chi connectivity index (χ0v) is 11.5. The van der Waals surface area contributed by atoms with Gasteiger partial charge >= 0.3 is 0 Å². The first-order valence-corrected chi connectivity index (χ1v) is 6.66. The molecular formula is C14H16BrNO. The molecule has 0 radical (unpaired) electrons. The first-order chi connectivity index (χ1) is 8.20. The standard InChI is InChI=1S/C14H16BrNO/c1-2-3-4-9-14(17)12(10-16)11-7-5-6-8-13(11)15/h5-8,12H,2-4,9H2,1H3. The van der Waals surface area contributed by atoms with E-state index in [0.717, 1.165) is 29.3 Å². The molecule has 17 heavy (non-hydrogen) atoms. The van der Waals surface area contributed by atoms with Gasteiger partial charge in [-0.05, 0) is 18.1 Å². The predicted octanol–water partition coefficient (Wildman–Crippen LogP) is 4.21. The van der Waals surface area contributed by atoms with Crippen LogP contribution in [0, 0.1) is 11.3 Å². The molecule has 1 atom stereocenters. The fraction of sp³-hybridized carbons (Fsp3) is 0.429. The Bertz CT molecular complexity index is 422. The third kappa shape index (κ3) is 3.98. The van der Waals surface area contributed by atoms with E-state index in [1.165, 1.54) is 0 Å². The fourth-order valence-electron chi connectivity index (χ4n) is 1.72. The van der Waals surface area contributed by atoms with Crippen molar-refractivity contribution >= 4 is 21.7 Å². The highest BCUT2D eigenvalue weighted by molar-refractivity contribution is 9.10. The Kier molecular flexibility index (Phi) is 5.93. The average molecular weight is 294 g/mol. The van der Waals surface area contributed by atoms with Crippen LogP contribution in [0.5, 0.6) is 0 Å². The number of halogens is 1. The van der Waals surface area contributed by atoms with Gasteiger partial charge in [0.25, 0.3) is 0 Å². The van der Waals surface area contributed by atoms with Gasteiger partial charge in [-0.3, -0.25) is 4.79 Å². The minimum absolute atomic E-state index is 0.0212. The van der Waals surface area contributed by atoms with E-state index in [1.807, 2.05) is 24.3 Å². The van der Waals surface area contributed by atoms with Crippen molar-refractivity contribution in [1.82, 2.24) is 0 Å². The summed E-state index contributed by atoms with van der Waals surface area (Å²) in [6.45, 7) is 2.10. The van der Waals surface area contributed by atoms with Crippen LogP contribution < -0.4 is 0 Å². The zero-order valence-electron chi connectivity index (χ0n) is 9.95. The molecule has 1 aromatic rings. The third-order valence-electron chi connectivity index (χ3n) is 2.69. The van der Waals surface area contributed by atoms with E-state index in [2.05, 4.69) is 28.9 Å². The molecule has 1 unspecified atom stereocenters. The van der Waals surface area contributed by atoms with E-state index in [0.29, 0.717) is 6.42 Å². The molecule has 0 aliphatic heterocycles. The van der Waals surface area contributed by atoms with Crippen LogP contribution in [-0.4, -0.2) is 5.78 Å². The molecule has 0 amide bonds. The monoisotopic (exact) mass is 293 g/mol. The topological polar surface area (TPSA) is 40.9 Å². The molecule has 3 heteroatoms. The Hall–Kier alpha value is -1.14. The van der Waals surface area contributed by atoms with Crippen LogP contribution in [0.25, 0.3) is 0 Å². The molecule has 0 saturated carbocycles. The Balaban J connectivity index is 2.76. The number of nitrogens with zero attached hydrogens (tertiary/aromatic N) is 1. The second-order valence-corrected chi connectivity index (χ2v) is 4.86. The molecular weight excluding hydrogens is 278 g/mol. The van der Waals surface area contributed by atoms with Crippen LogP contribution in [0.3, 0.4) is 0 Å². The Morgan fingerprint density at radius 2 is 2.12 bits per heavy atom. The number of rotatable bonds is 6. The van der Waals surface area contributed by atoms with E-state index in [9.17, 15) is 4.79 Å². The van der Waals surface area contributed by atoms with Crippen molar-refractivity contribution in [3.05, 3.63) is 34.3 Å². The van der Waals surface area contributed by atoms with Gasteiger partial charge in [-0.25, -0.2) is 0 Å². The summed E-state index contributed by atoms with van der Waals surface area (Å²) < 4.78 is 0.829. The Labute approximate surface area is 111 Å². The summed E-state index contributed by atoms with van der Waals surface area (Å²) in [5.74, 6) is -0.615. The average Bonchev–Trinajstić information content (AvgIpc) is 2.33. The van der Waals surface area contributed by atoms with Crippen LogP contribution in [-0.2, 0) is 4.79 Å². The molecule has 0 aromatic heterocycles. The second kappa shape index (κ2) is 7.24. The summed E-state index contributed by atoms with van der Waals surface area (Å²) in [6.07, 6.45) is 3.49. The maximum atomic E-state index is 12.0. The smallest absolute Gasteiger partial charge is 0.154 e. The summed E-state index contributed by atoms with van der Waals surface area (Å²) in [5.41, 5.74) is 0.775. The van der Waals surface area contributed by atoms with Crippen molar-refractivity contribution in [2.24, 2.45) is 0 Å². The largest absolute Gasteiger partial charge is 0.298 e. The SMILES string of the molecule is CCCCCC(=O)C(C#N)c1ccccc1Br. The highest BCUT2D eigenvalue weighted by Crippen LogP contribution is 2.26. The first-order valence-electron chi connectivity index (χ1n) is 5.87. The van der Waals surface area contributed by atoms with Gasteiger partial charge in [0.05, 0.1) is 6.07 Å². The minimum Gasteiger partial charge on any atom is -0.298 e. The van der Waals surface area contributed by atoms with Gasteiger partial charge in [0, 0.05) is 10.9 Å². The Morgan fingerprint density at radius 3 is 2.71 bits per heavy atom. The lowest BCUT2D eigenvalue weighted by atomic mass is 9.93. The molecule has 0 aliphatic rings. The molecule has 1 rings (SSSR count). The van der Waals surface area contributed by atoms with Gasteiger partial charge in [0.2, 0.25) is 0 Å². The van der Waals surface area contributed by atoms with Gasteiger partial charge in [-0.2, -0.15) is 5.26 Å². The predicted molar refractivity (Wildman–Crippen MR) is 71.6 cm³/mol. The van der Waals surface area contributed by atoms with Crippen LogP contribution in [0.15, 0.2) is 28.7 Å². The first kappa shape index (κ1) is 13.9. The van der Waals surface area contributed by atoms with Crippen molar-refractivity contribution in [3.63, 3.8) is 0 Å². The van der Waals surface area contributed by atoms with Gasteiger partial charge in [-0.15, -0.1) is 0 Å². The van der Waals surface area contributed by atoms with E-state index < -0.39 is 5.92 Å². The van der Waals surface area contributed by atoms with E-state index in [-0.39, 0.29) is 5.78 Å². The normalized spacial score (nSPS) is 11.8. The number of carbonyl (C=O) groups is 1. The van der Waals surface area contributed by atoms with Gasteiger partial charge in [-0.1, -0.05) is 53.9 Å².